The molecule has 3 rings (SSSR count). The number of amidine groups is 1. The Labute approximate surface area is 155 Å². The van der Waals surface area contributed by atoms with E-state index in [4.69, 9.17) is 4.74 Å². The fourth-order valence-electron chi connectivity index (χ4n) is 3.42. The summed E-state index contributed by atoms with van der Waals surface area (Å²) in [5.41, 5.74) is 2.19. The van der Waals surface area contributed by atoms with E-state index in [-0.39, 0.29) is 18.6 Å². The van der Waals surface area contributed by atoms with Crippen molar-refractivity contribution in [1.82, 2.24) is 4.90 Å². The highest BCUT2D eigenvalue weighted by atomic mass is 16.5. The average molecular weight is 350 g/mol. The number of amides is 1. The van der Waals surface area contributed by atoms with Crippen molar-refractivity contribution in [2.75, 3.05) is 6.54 Å². The highest BCUT2D eigenvalue weighted by molar-refractivity contribution is 5.93. The van der Waals surface area contributed by atoms with Crippen LogP contribution in [0.3, 0.4) is 0 Å². The van der Waals surface area contributed by atoms with E-state index in [0.717, 1.165) is 30.8 Å². The molecule has 2 atom stereocenters. The molecule has 4 heteroatoms. The van der Waals surface area contributed by atoms with Gasteiger partial charge in [0.25, 0.3) is 0 Å². The molecule has 1 fully saturated rings. The summed E-state index contributed by atoms with van der Waals surface area (Å²) in [4.78, 5) is 18.9. The highest BCUT2D eigenvalue weighted by Gasteiger charge is 2.28. The third kappa shape index (κ3) is 4.51. The van der Waals surface area contributed by atoms with E-state index in [0.29, 0.717) is 0 Å². The number of aliphatic imine (C=N–C) groups is 1. The minimum atomic E-state index is -0.511. The first kappa shape index (κ1) is 18.2. The quantitative estimate of drug-likeness (QED) is 0.759. The topological polar surface area (TPSA) is 41.9 Å². The van der Waals surface area contributed by atoms with Crippen molar-refractivity contribution in [3.63, 3.8) is 0 Å². The van der Waals surface area contributed by atoms with Crippen molar-refractivity contribution >= 4 is 11.9 Å². The lowest BCUT2D eigenvalue weighted by Crippen LogP contribution is -2.42. The predicted molar refractivity (Wildman–Crippen MR) is 104 cm³/mol. The minimum Gasteiger partial charge on any atom is -0.443 e. The van der Waals surface area contributed by atoms with Gasteiger partial charge in [-0.25, -0.2) is 4.79 Å². The highest BCUT2D eigenvalue weighted by Crippen LogP contribution is 2.28. The summed E-state index contributed by atoms with van der Waals surface area (Å²) in [5.74, 6) is 1.09. The third-order valence-corrected chi connectivity index (χ3v) is 4.93. The van der Waals surface area contributed by atoms with Crippen molar-refractivity contribution < 1.29 is 9.53 Å². The van der Waals surface area contributed by atoms with E-state index in [1.165, 1.54) is 5.56 Å². The van der Waals surface area contributed by atoms with Gasteiger partial charge in [-0.3, -0.25) is 0 Å². The van der Waals surface area contributed by atoms with Crippen LogP contribution in [0, 0.1) is 5.92 Å². The summed E-state index contributed by atoms with van der Waals surface area (Å²) in [6, 6.07) is 20.2. The van der Waals surface area contributed by atoms with Crippen molar-refractivity contribution in [2.45, 2.75) is 39.3 Å². The van der Waals surface area contributed by atoms with Crippen LogP contribution >= 0.6 is 0 Å². The molecule has 0 N–H and O–H groups in total. The summed E-state index contributed by atoms with van der Waals surface area (Å²) in [6.07, 6.45) is 1.64. The number of carbonyl (C=O) groups excluding carboxylic acids is 1. The summed E-state index contributed by atoms with van der Waals surface area (Å²) in [5, 5.41) is 0. The molecule has 1 aliphatic heterocycles. The molecular formula is C22H26N2O2. The van der Waals surface area contributed by atoms with Gasteiger partial charge in [-0.15, -0.1) is 0 Å². The van der Waals surface area contributed by atoms with Crippen LogP contribution in [0.2, 0.25) is 0 Å². The lowest BCUT2D eigenvalue weighted by Gasteiger charge is -2.38. The van der Waals surface area contributed by atoms with E-state index in [9.17, 15) is 4.79 Å². The smallest absolute Gasteiger partial charge is 0.435 e. The maximum absolute atomic E-state index is 12.3. The van der Waals surface area contributed by atoms with Crippen molar-refractivity contribution in [1.29, 1.82) is 0 Å². The van der Waals surface area contributed by atoms with Crippen LogP contribution in [0.1, 0.15) is 43.9 Å². The van der Waals surface area contributed by atoms with Crippen LogP contribution in [0.15, 0.2) is 65.7 Å². The van der Waals surface area contributed by atoms with Gasteiger partial charge in [0, 0.05) is 12.5 Å². The largest absolute Gasteiger partial charge is 0.443 e. The first-order chi connectivity index (χ1) is 12.6. The van der Waals surface area contributed by atoms with Crippen LogP contribution in [0.25, 0.3) is 0 Å². The Balaban J connectivity index is 1.73. The molecule has 1 aliphatic rings. The van der Waals surface area contributed by atoms with E-state index >= 15 is 0 Å². The molecule has 1 heterocycles. The van der Waals surface area contributed by atoms with Gasteiger partial charge in [0.1, 0.15) is 12.4 Å². The number of ether oxygens (including phenoxy) is 1. The number of piperidine rings is 1. The Bertz CT molecular complexity index is 743. The molecule has 0 bridgehead atoms. The molecule has 2 aromatic rings. The molecule has 0 aromatic heterocycles. The molecule has 1 saturated heterocycles. The Kier molecular flexibility index (Phi) is 6.05. The number of nitrogens with zero attached hydrogens (tertiary/aromatic N) is 2. The fraction of sp³-hybridized carbons (Fsp3) is 0.364. The number of likely N-dealkylation sites (tertiary alicyclic amines) is 1. The molecular weight excluding hydrogens is 324 g/mol. The average Bonchev–Trinajstić information content (AvgIpc) is 2.69. The lowest BCUT2D eigenvalue weighted by atomic mass is 9.95. The second-order valence-corrected chi connectivity index (χ2v) is 6.83. The number of rotatable bonds is 4. The lowest BCUT2D eigenvalue weighted by molar-refractivity contribution is 0.149. The Morgan fingerprint density at radius 1 is 1.15 bits per heavy atom. The molecule has 0 saturated carbocycles. The summed E-state index contributed by atoms with van der Waals surface area (Å²) in [6.45, 7) is 5.45. The Morgan fingerprint density at radius 3 is 2.50 bits per heavy atom. The molecule has 0 unspecified atom stereocenters. The zero-order valence-electron chi connectivity index (χ0n) is 15.5. The van der Waals surface area contributed by atoms with Gasteiger partial charge >= 0.3 is 6.09 Å². The summed E-state index contributed by atoms with van der Waals surface area (Å²) in [7, 11) is 0. The van der Waals surface area contributed by atoms with Crippen LogP contribution in [-0.4, -0.2) is 23.4 Å². The van der Waals surface area contributed by atoms with E-state index in [1.54, 1.807) is 0 Å². The minimum absolute atomic E-state index is 0.180. The maximum atomic E-state index is 12.3. The predicted octanol–water partition coefficient (Wildman–Crippen LogP) is 5.21. The van der Waals surface area contributed by atoms with Gasteiger partial charge in [0.05, 0.1) is 6.04 Å². The number of benzene rings is 2. The molecule has 1 amide bonds. The Morgan fingerprint density at radius 2 is 1.81 bits per heavy atom. The van der Waals surface area contributed by atoms with Crippen LogP contribution < -0.4 is 0 Å². The van der Waals surface area contributed by atoms with Gasteiger partial charge in [-0.05, 0) is 30.9 Å². The van der Waals surface area contributed by atoms with E-state index in [1.807, 2.05) is 48.5 Å². The second kappa shape index (κ2) is 8.65. The van der Waals surface area contributed by atoms with Crippen molar-refractivity contribution in [3.8, 4) is 0 Å². The molecule has 0 spiro atoms. The van der Waals surface area contributed by atoms with E-state index < -0.39 is 6.09 Å². The number of carbonyl (C=O) groups is 1. The van der Waals surface area contributed by atoms with Crippen molar-refractivity contribution in [2.24, 2.45) is 10.9 Å². The third-order valence-electron chi connectivity index (χ3n) is 4.93. The first-order valence-corrected chi connectivity index (χ1v) is 9.26. The van der Waals surface area contributed by atoms with Gasteiger partial charge in [0.15, 0.2) is 0 Å². The Hall–Kier alpha value is -2.62. The fourth-order valence-corrected chi connectivity index (χ4v) is 3.42. The monoisotopic (exact) mass is 350 g/mol. The van der Waals surface area contributed by atoms with Gasteiger partial charge in [-0.2, -0.15) is 4.99 Å². The van der Waals surface area contributed by atoms with Crippen LogP contribution in [0.4, 0.5) is 4.79 Å². The zero-order chi connectivity index (χ0) is 18.4. The summed E-state index contributed by atoms with van der Waals surface area (Å²) >= 11 is 0. The molecule has 0 aliphatic carbocycles. The molecule has 136 valence electrons. The van der Waals surface area contributed by atoms with Gasteiger partial charge in [0.2, 0.25) is 0 Å². The number of hydrogen-bond donors (Lipinski definition) is 0. The first-order valence-electron chi connectivity index (χ1n) is 9.26. The second-order valence-electron chi connectivity index (χ2n) is 6.83. The molecule has 0 radical (unpaired) electrons. The zero-order valence-corrected chi connectivity index (χ0v) is 15.5. The maximum Gasteiger partial charge on any atom is 0.435 e. The normalized spacial score (nSPS) is 20.0. The number of hydrogen-bond acceptors (Lipinski definition) is 2. The van der Waals surface area contributed by atoms with Crippen LogP contribution in [0.5, 0.6) is 0 Å². The van der Waals surface area contributed by atoms with Gasteiger partial charge in [-0.1, -0.05) is 67.6 Å². The van der Waals surface area contributed by atoms with Gasteiger partial charge < -0.3 is 9.64 Å². The van der Waals surface area contributed by atoms with Crippen LogP contribution in [-0.2, 0) is 11.3 Å². The van der Waals surface area contributed by atoms with Crippen molar-refractivity contribution in [3.05, 3.63) is 71.8 Å². The molecule has 4 nitrogen and oxygen atoms in total. The SMILES string of the molecule is C[C@@H]1CCCN([C@@H](C)c2ccccc2)/C1=N/C(=O)OCc1ccccc1. The molecule has 26 heavy (non-hydrogen) atoms. The standard InChI is InChI=1S/C22H26N2O2/c1-17-10-9-15-24(18(2)20-13-7-4-8-14-20)21(17)23-22(25)26-16-19-11-5-3-6-12-19/h3-8,11-14,17-18H,9-10,15-16H2,1-2H3/b23-21+/t17-,18+/m1/s1. The summed E-state index contributed by atoms with van der Waals surface area (Å²) < 4.78 is 5.36. The molecule has 2 aromatic carbocycles. The van der Waals surface area contributed by atoms with E-state index in [2.05, 4.69) is 35.9 Å².